The van der Waals surface area contributed by atoms with Crippen molar-refractivity contribution in [1.29, 1.82) is 0 Å². The molecule has 1 amide bonds. The Hall–Kier alpha value is -2.04. The van der Waals surface area contributed by atoms with E-state index in [1.807, 2.05) is 25.1 Å². The molecule has 170 valence electrons. The van der Waals surface area contributed by atoms with Crippen LogP contribution in [0.3, 0.4) is 0 Å². The molecule has 4 aliphatic carbocycles. The van der Waals surface area contributed by atoms with Crippen molar-refractivity contribution in [2.75, 3.05) is 13.2 Å². The molecule has 4 aliphatic rings. The molecule has 5 heteroatoms. The van der Waals surface area contributed by atoms with Gasteiger partial charge in [-0.15, -0.1) is 0 Å². The Morgan fingerprint density at radius 3 is 2.23 bits per heavy atom. The number of carbonyl (C=O) groups is 2. The van der Waals surface area contributed by atoms with Gasteiger partial charge in [-0.25, -0.2) is 4.79 Å². The molecule has 1 aromatic carbocycles. The largest absolute Gasteiger partial charge is 0.482 e. The fraction of sp³-hybridized carbons (Fsp3) is 0.692. The summed E-state index contributed by atoms with van der Waals surface area (Å²) >= 11 is 0. The zero-order valence-electron chi connectivity index (χ0n) is 19.4. The summed E-state index contributed by atoms with van der Waals surface area (Å²) < 4.78 is 10.9. The van der Waals surface area contributed by atoms with Gasteiger partial charge in [-0.3, -0.25) is 4.79 Å². The summed E-state index contributed by atoms with van der Waals surface area (Å²) in [5.74, 6) is 2.80. The number of carbonyl (C=O) groups excluding carboxylic acids is 2. The van der Waals surface area contributed by atoms with Crippen molar-refractivity contribution < 1.29 is 19.1 Å². The first-order chi connectivity index (χ1) is 14.7. The molecule has 0 aliphatic heterocycles. The normalized spacial score (nSPS) is 29.6. The molecular weight excluding hydrogens is 390 g/mol. The third-order valence-corrected chi connectivity index (χ3v) is 7.88. The quantitative estimate of drug-likeness (QED) is 0.608. The smallest absolute Gasteiger partial charge is 0.344 e. The van der Waals surface area contributed by atoms with Crippen molar-refractivity contribution in [2.45, 2.75) is 78.2 Å². The van der Waals surface area contributed by atoms with Crippen LogP contribution in [0.2, 0.25) is 0 Å². The molecule has 0 aromatic heterocycles. The van der Waals surface area contributed by atoms with Gasteiger partial charge < -0.3 is 14.8 Å². The van der Waals surface area contributed by atoms with E-state index in [4.69, 9.17) is 9.47 Å². The van der Waals surface area contributed by atoms with Gasteiger partial charge in [-0.05, 0) is 98.7 Å². The van der Waals surface area contributed by atoms with Crippen LogP contribution in [0.5, 0.6) is 5.75 Å². The molecule has 4 fully saturated rings. The average Bonchev–Trinajstić information content (AvgIpc) is 2.69. The zero-order valence-corrected chi connectivity index (χ0v) is 19.4. The van der Waals surface area contributed by atoms with Crippen LogP contribution in [0.25, 0.3) is 0 Å². The maximum atomic E-state index is 12.5. The number of ether oxygens (including phenoxy) is 2. The van der Waals surface area contributed by atoms with Crippen molar-refractivity contribution in [3.05, 3.63) is 29.3 Å². The molecular formula is C26H37NO4. The summed E-state index contributed by atoms with van der Waals surface area (Å²) in [5.41, 5.74) is 2.38. The van der Waals surface area contributed by atoms with Crippen LogP contribution < -0.4 is 10.1 Å². The minimum absolute atomic E-state index is 0.129. The number of hydrogen-bond acceptors (Lipinski definition) is 4. The highest BCUT2D eigenvalue weighted by molar-refractivity contribution is 5.81. The lowest BCUT2D eigenvalue weighted by Gasteiger charge is -2.59. The van der Waals surface area contributed by atoms with E-state index in [0.29, 0.717) is 11.7 Å². The Kier molecular flexibility index (Phi) is 6.32. The van der Waals surface area contributed by atoms with Gasteiger partial charge in [0.15, 0.2) is 13.2 Å². The van der Waals surface area contributed by atoms with Crippen molar-refractivity contribution in [3.8, 4) is 5.75 Å². The fourth-order valence-electron chi connectivity index (χ4n) is 6.71. The average molecular weight is 428 g/mol. The van der Waals surface area contributed by atoms with Gasteiger partial charge in [0.1, 0.15) is 5.75 Å². The number of hydrogen-bond donors (Lipinski definition) is 1. The Bertz CT molecular complexity index is 795. The predicted octanol–water partition coefficient (Wildman–Crippen LogP) is 4.76. The van der Waals surface area contributed by atoms with E-state index in [0.717, 1.165) is 28.9 Å². The first-order valence-electron chi connectivity index (χ1n) is 11.9. The standard InChI is InChI=1S/C26H37NO4/c1-16(2)22-6-5-17(3)7-23(22)30-15-25(29)31-14-24(28)27-18(4)26-11-19-8-20(12-26)10-21(9-19)13-26/h5-7,16,18-21H,8-15H2,1-4H3,(H,27,28)/t18-,19?,20?,21?,26?/m1/s1. The number of rotatable bonds is 8. The van der Waals surface area contributed by atoms with Crippen molar-refractivity contribution >= 4 is 11.9 Å². The molecule has 0 spiro atoms. The topological polar surface area (TPSA) is 64.6 Å². The molecule has 1 aromatic rings. The maximum absolute atomic E-state index is 12.5. The SMILES string of the molecule is Cc1ccc(C(C)C)c(OCC(=O)OCC(=O)N[C@H](C)C23CC4CC(CC(C4)C2)C3)c1. The van der Waals surface area contributed by atoms with Crippen LogP contribution >= 0.6 is 0 Å². The van der Waals surface area contributed by atoms with Crippen molar-refractivity contribution in [2.24, 2.45) is 23.2 Å². The number of benzene rings is 1. The van der Waals surface area contributed by atoms with E-state index < -0.39 is 5.97 Å². The van der Waals surface area contributed by atoms with Crippen LogP contribution in [0.1, 0.15) is 76.3 Å². The Morgan fingerprint density at radius 2 is 1.65 bits per heavy atom. The number of aryl methyl sites for hydroxylation is 1. The zero-order chi connectivity index (χ0) is 22.2. The second kappa shape index (κ2) is 8.84. The highest BCUT2D eigenvalue weighted by atomic mass is 16.6. The van der Waals surface area contributed by atoms with Crippen LogP contribution in [-0.4, -0.2) is 31.1 Å². The van der Waals surface area contributed by atoms with Crippen LogP contribution in [0, 0.1) is 30.1 Å². The van der Waals surface area contributed by atoms with Gasteiger partial charge >= 0.3 is 5.97 Å². The summed E-state index contributed by atoms with van der Waals surface area (Å²) in [6, 6.07) is 6.13. The monoisotopic (exact) mass is 427 g/mol. The van der Waals surface area contributed by atoms with Gasteiger partial charge in [-0.1, -0.05) is 26.0 Å². The van der Waals surface area contributed by atoms with E-state index in [-0.39, 0.29) is 30.6 Å². The van der Waals surface area contributed by atoms with Gasteiger partial charge in [-0.2, -0.15) is 0 Å². The van der Waals surface area contributed by atoms with E-state index in [1.54, 1.807) is 0 Å². The Morgan fingerprint density at radius 1 is 1.03 bits per heavy atom. The highest BCUT2D eigenvalue weighted by Gasteiger charge is 2.53. The van der Waals surface area contributed by atoms with E-state index in [9.17, 15) is 9.59 Å². The van der Waals surface area contributed by atoms with E-state index in [1.165, 1.54) is 38.5 Å². The molecule has 4 bridgehead atoms. The number of amides is 1. The lowest BCUT2D eigenvalue weighted by Crippen LogP contribution is -2.56. The van der Waals surface area contributed by atoms with Gasteiger partial charge in [0.25, 0.3) is 5.91 Å². The number of esters is 1. The Labute approximate surface area is 186 Å². The number of nitrogens with one attached hydrogen (secondary N) is 1. The predicted molar refractivity (Wildman–Crippen MR) is 120 cm³/mol. The lowest BCUT2D eigenvalue weighted by molar-refractivity contribution is -0.151. The van der Waals surface area contributed by atoms with Gasteiger partial charge in [0.05, 0.1) is 0 Å². The third-order valence-electron chi connectivity index (χ3n) is 7.88. The first-order valence-corrected chi connectivity index (χ1v) is 11.9. The highest BCUT2D eigenvalue weighted by Crippen LogP contribution is 2.61. The molecule has 0 unspecified atom stereocenters. The Balaban J connectivity index is 1.24. The molecule has 31 heavy (non-hydrogen) atoms. The second-order valence-electron chi connectivity index (χ2n) is 10.7. The maximum Gasteiger partial charge on any atom is 0.344 e. The third kappa shape index (κ3) is 4.91. The summed E-state index contributed by atoms with van der Waals surface area (Å²) in [6.45, 7) is 7.87. The molecule has 0 heterocycles. The minimum atomic E-state index is -0.520. The van der Waals surface area contributed by atoms with E-state index >= 15 is 0 Å². The second-order valence-corrected chi connectivity index (χ2v) is 10.7. The van der Waals surface area contributed by atoms with Crippen LogP contribution in [-0.2, 0) is 14.3 Å². The fourth-order valence-corrected chi connectivity index (χ4v) is 6.71. The minimum Gasteiger partial charge on any atom is -0.482 e. The van der Waals surface area contributed by atoms with Crippen LogP contribution in [0.4, 0.5) is 0 Å². The summed E-state index contributed by atoms with van der Waals surface area (Å²) in [4.78, 5) is 24.7. The lowest BCUT2D eigenvalue weighted by atomic mass is 9.48. The molecule has 0 saturated heterocycles. The summed E-state index contributed by atoms with van der Waals surface area (Å²) in [5, 5.41) is 3.14. The van der Waals surface area contributed by atoms with Crippen molar-refractivity contribution in [1.82, 2.24) is 5.32 Å². The molecule has 1 N–H and O–H groups in total. The molecule has 1 atom stereocenters. The molecule has 5 rings (SSSR count). The summed E-state index contributed by atoms with van der Waals surface area (Å²) in [6.07, 6.45) is 7.87. The molecule has 4 saturated carbocycles. The van der Waals surface area contributed by atoms with Crippen molar-refractivity contribution in [3.63, 3.8) is 0 Å². The molecule has 0 radical (unpaired) electrons. The first kappa shape index (κ1) is 22.2. The summed E-state index contributed by atoms with van der Waals surface area (Å²) in [7, 11) is 0. The molecule has 5 nitrogen and oxygen atoms in total. The van der Waals surface area contributed by atoms with E-state index in [2.05, 4.69) is 26.1 Å². The van der Waals surface area contributed by atoms with Crippen LogP contribution in [0.15, 0.2) is 18.2 Å². The van der Waals surface area contributed by atoms with Gasteiger partial charge in [0.2, 0.25) is 0 Å². The van der Waals surface area contributed by atoms with Gasteiger partial charge in [0, 0.05) is 6.04 Å².